The summed E-state index contributed by atoms with van der Waals surface area (Å²) in [5.41, 5.74) is 0.0319. The van der Waals surface area contributed by atoms with Crippen LogP contribution in [0, 0.1) is 5.82 Å². The zero-order chi connectivity index (χ0) is 19.3. The van der Waals surface area contributed by atoms with E-state index >= 15 is 0 Å². The summed E-state index contributed by atoms with van der Waals surface area (Å²) in [6.07, 6.45) is 0. The zero-order valence-corrected chi connectivity index (χ0v) is 15.8. The molecule has 0 amide bonds. The maximum Gasteiger partial charge on any atom is 0.345 e. The second-order valence-electron chi connectivity index (χ2n) is 4.98. The van der Waals surface area contributed by atoms with Gasteiger partial charge in [-0.15, -0.1) is 0 Å². The summed E-state index contributed by atoms with van der Waals surface area (Å²) in [6, 6.07) is 8.80. The maximum absolute atomic E-state index is 13.0. The van der Waals surface area contributed by atoms with Crippen LogP contribution in [0.2, 0.25) is 10.0 Å². The lowest BCUT2D eigenvalue weighted by Crippen LogP contribution is -2.22. The molecule has 0 saturated carbocycles. The van der Waals surface area contributed by atoms with Crippen molar-refractivity contribution in [2.75, 3.05) is 13.7 Å². The Bertz CT molecular complexity index is 830. The summed E-state index contributed by atoms with van der Waals surface area (Å²) in [5.74, 6) is -3.13. The van der Waals surface area contributed by atoms with Gasteiger partial charge in [-0.05, 0) is 30.3 Å². The molecule has 2 aromatic carbocycles. The number of halogens is 3. The fourth-order valence-corrected chi connectivity index (χ4v) is 3.36. The Morgan fingerprint density at radius 1 is 1.23 bits per heavy atom. The van der Waals surface area contributed by atoms with E-state index in [1.54, 1.807) is 0 Å². The van der Waals surface area contributed by atoms with Gasteiger partial charge in [0, 0.05) is 17.7 Å². The summed E-state index contributed by atoms with van der Waals surface area (Å²) < 4.78 is 39.7. The topological polar surface area (TPSA) is 84.9 Å². The van der Waals surface area contributed by atoms with Crippen molar-refractivity contribution in [1.82, 2.24) is 0 Å². The van der Waals surface area contributed by atoms with Crippen molar-refractivity contribution in [3.8, 4) is 5.75 Å². The summed E-state index contributed by atoms with van der Waals surface area (Å²) in [7, 11) is -3.67. The minimum absolute atomic E-state index is 0.0319. The average Bonchev–Trinajstić information content (AvgIpc) is 2.59. The molecule has 0 aliphatic carbocycles. The summed E-state index contributed by atoms with van der Waals surface area (Å²) in [4.78, 5) is 24.0. The molecular weight excluding hydrogens is 409 g/mol. The van der Waals surface area contributed by atoms with E-state index in [4.69, 9.17) is 32.7 Å². The van der Waals surface area contributed by atoms with Crippen LogP contribution < -0.4 is 9.63 Å². The molecule has 0 N–H and O–H groups in total. The summed E-state index contributed by atoms with van der Waals surface area (Å²) in [6.45, 7) is -0.608. The van der Waals surface area contributed by atoms with Crippen LogP contribution in [0.1, 0.15) is 11.4 Å². The Morgan fingerprint density at radius 2 is 1.88 bits per heavy atom. The molecular formula is C16H13Cl2FO6P-. The van der Waals surface area contributed by atoms with Crippen LogP contribution in [-0.2, 0) is 18.6 Å². The Kier molecular flexibility index (Phi) is 7.03. The highest BCUT2D eigenvalue weighted by molar-refractivity contribution is 7.51. The third-order valence-electron chi connectivity index (χ3n) is 3.18. The lowest BCUT2D eigenvalue weighted by atomic mass is 10.2. The first-order valence-electron chi connectivity index (χ1n) is 7.12. The highest BCUT2D eigenvalue weighted by atomic mass is 35.5. The van der Waals surface area contributed by atoms with Gasteiger partial charge in [-0.25, -0.2) is 9.18 Å². The Morgan fingerprint density at radius 3 is 2.46 bits per heavy atom. The molecule has 0 aromatic heterocycles. The fourth-order valence-electron chi connectivity index (χ4n) is 1.93. The van der Waals surface area contributed by atoms with E-state index < -0.39 is 31.8 Å². The van der Waals surface area contributed by atoms with Crippen LogP contribution in [0.25, 0.3) is 0 Å². The molecule has 0 fully saturated rings. The number of carbonyl (C=O) groups is 1. The fraction of sp³-hybridized carbons (Fsp3) is 0.188. The SMILES string of the molecule is COP(=O)([O-])C(OC(=O)COc1ccc(Cl)cc1Cl)c1ccc(F)cc1. The van der Waals surface area contributed by atoms with Gasteiger partial charge < -0.3 is 23.5 Å². The molecule has 0 bridgehead atoms. The van der Waals surface area contributed by atoms with E-state index in [1.165, 1.54) is 30.3 Å². The maximum atomic E-state index is 13.0. The smallest absolute Gasteiger partial charge is 0.345 e. The van der Waals surface area contributed by atoms with Gasteiger partial charge in [-0.1, -0.05) is 35.3 Å². The van der Waals surface area contributed by atoms with Gasteiger partial charge in [0.2, 0.25) is 0 Å². The van der Waals surface area contributed by atoms with Crippen molar-refractivity contribution in [2.24, 2.45) is 0 Å². The van der Waals surface area contributed by atoms with E-state index in [-0.39, 0.29) is 16.3 Å². The first-order chi connectivity index (χ1) is 12.2. The Balaban J connectivity index is 2.11. The number of ether oxygens (including phenoxy) is 2. The standard InChI is InChI=1S/C16H14Cl2FO6P/c1-23-26(21,22)16(10-2-5-12(19)6-3-10)25-15(20)9-24-14-7-4-11(17)8-13(14)18/h2-8,16H,9H2,1H3,(H,21,22)/p-1. The predicted octanol–water partition coefficient (Wildman–Crippen LogP) is 3.95. The van der Waals surface area contributed by atoms with Crippen LogP contribution in [0.4, 0.5) is 4.39 Å². The van der Waals surface area contributed by atoms with E-state index in [0.29, 0.717) is 5.02 Å². The van der Waals surface area contributed by atoms with Crippen LogP contribution in [0.5, 0.6) is 5.75 Å². The molecule has 140 valence electrons. The van der Waals surface area contributed by atoms with E-state index in [1.807, 2.05) is 0 Å². The first-order valence-corrected chi connectivity index (χ1v) is 9.49. The van der Waals surface area contributed by atoms with Crippen LogP contribution in [0.15, 0.2) is 42.5 Å². The number of rotatable bonds is 7. The number of hydrogen-bond acceptors (Lipinski definition) is 6. The average molecular weight is 422 g/mol. The molecule has 0 heterocycles. The van der Waals surface area contributed by atoms with Gasteiger partial charge in [-0.2, -0.15) is 0 Å². The molecule has 2 atom stereocenters. The molecule has 10 heteroatoms. The van der Waals surface area contributed by atoms with Crippen molar-refractivity contribution < 1.29 is 32.6 Å². The van der Waals surface area contributed by atoms with Crippen molar-refractivity contribution in [3.63, 3.8) is 0 Å². The quantitative estimate of drug-likeness (QED) is 0.496. The van der Waals surface area contributed by atoms with Crippen LogP contribution in [-0.4, -0.2) is 19.7 Å². The summed E-state index contributed by atoms with van der Waals surface area (Å²) >= 11 is 11.7. The Hall–Kier alpha value is -1.63. The second-order valence-corrected chi connectivity index (χ2v) is 7.74. The predicted molar refractivity (Wildman–Crippen MR) is 91.8 cm³/mol. The second kappa shape index (κ2) is 8.84. The third kappa shape index (κ3) is 5.43. The monoisotopic (exact) mass is 421 g/mol. The molecule has 0 radical (unpaired) electrons. The number of benzene rings is 2. The largest absolute Gasteiger partial charge is 0.776 e. The molecule has 6 nitrogen and oxygen atoms in total. The molecule has 2 rings (SSSR count). The van der Waals surface area contributed by atoms with Gasteiger partial charge >= 0.3 is 5.97 Å². The van der Waals surface area contributed by atoms with E-state index in [0.717, 1.165) is 19.2 Å². The van der Waals surface area contributed by atoms with Gasteiger partial charge in [0.05, 0.1) is 5.02 Å². The van der Waals surface area contributed by atoms with E-state index in [9.17, 15) is 18.6 Å². The highest BCUT2D eigenvalue weighted by Gasteiger charge is 2.29. The minimum Gasteiger partial charge on any atom is -0.776 e. The molecule has 2 unspecified atom stereocenters. The van der Waals surface area contributed by atoms with E-state index in [2.05, 4.69) is 4.52 Å². The van der Waals surface area contributed by atoms with Gasteiger partial charge in [0.1, 0.15) is 11.6 Å². The Labute approximate surface area is 158 Å². The van der Waals surface area contributed by atoms with Gasteiger partial charge in [-0.3, -0.25) is 0 Å². The zero-order valence-electron chi connectivity index (χ0n) is 13.4. The van der Waals surface area contributed by atoms with Crippen molar-refractivity contribution >= 4 is 36.8 Å². The molecule has 26 heavy (non-hydrogen) atoms. The normalized spacial score (nSPS) is 14.3. The lowest BCUT2D eigenvalue weighted by molar-refractivity contribution is -0.209. The summed E-state index contributed by atoms with van der Waals surface area (Å²) in [5, 5.41) is 0.556. The van der Waals surface area contributed by atoms with Crippen molar-refractivity contribution in [2.45, 2.75) is 5.85 Å². The van der Waals surface area contributed by atoms with Gasteiger partial charge in [0.15, 0.2) is 20.0 Å². The number of hydrogen-bond donors (Lipinski definition) is 0. The number of carbonyl (C=O) groups excluding carboxylic acids is 1. The first kappa shape index (κ1) is 20.7. The highest BCUT2D eigenvalue weighted by Crippen LogP contribution is 2.52. The number of esters is 1. The van der Waals surface area contributed by atoms with Gasteiger partial charge in [0.25, 0.3) is 0 Å². The lowest BCUT2D eigenvalue weighted by Gasteiger charge is -2.30. The molecule has 0 saturated heterocycles. The minimum atomic E-state index is -4.60. The molecule has 0 aliphatic heterocycles. The molecule has 2 aromatic rings. The molecule has 0 aliphatic rings. The van der Waals surface area contributed by atoms with Crippen molar-refractivity contribution in [3.05, 3.63) is 63.9 Å². The van der Waals surface area contributed by atoms with Crippen LogP contribution >= 0.6 is 30.8 Å². The molecule has 0 spiro atoms. The van der Waals surface area contributed by atoms with Crippen molar-refractivity contribution in [1.29, 1.82) is 0 Å². The third-order valence-corrected chi connectivity index (χ3v) is 5.20. The van der Waals surface area contributed by atoms with Crippen LogP contribution in [0.3, 0.4) is 0 Å².